The second-order valence-electron chi connectivity index (χ2n) is 8.56. The van der Waals surface area contributed by atoms with E-state index >= 15 is 0 Å². The van der Waals surface area contributed by atoms with E-state index in [1.165, 1.54) is 24.3 Å². The highest BCUT2D eigenvalue weighted by molar-refractivity contribution is 7.90. The SMILES string of the molecule is CCC(Oc1nc(C(C)(C)C)ccc1C(=O)NS(=O)(=O)c1cccc(N)n1)c1ccccc1. The zero-order valence-electron chi connectivity index (χ0n) is 19.1. The topological polar surface area (TPSA) is 124 Å². The molecule has 1 aromatic carbocycles. The number of hydrogen-bond acceptors (Lipinski definition) is 7. The van der Waals surface area contributed by atoms with E-state index in [1.807, 2.05) is 62.7 Å². The van der Waals surface area contributed by atoms with Crippen LogP contribution in [-0.2, 0) is 15.4 Å². The van der Waals surface area contributed by atoms with Crippen LogP contribution in [0.25, 0.3) is 0 Å². The van der Waals surface area contributed by atoms with Crippen molar-refractivity contribution >= 4 is 21.7 Å². The van der Waals surface area contributed by atoms with Crippen LogP contribution in [0.15, 0.2) is 65.7 Å². The summed E-state index contributed by atoms with van der Waals surface area (Å²) in [7, 11) is -4.25. The maximum absolute atomic E-state index is 13.0. The van der Waals surface area contributed by atoms with Crippen LogP contribution >= 0.6 is 0 Å². The predicted octanol–water partition coefficient (Wildman–Crippen LogP) is 4.01. The molecule has 2 aromatic heterocycles. The molecule has 0 aliphatic rings. The Morgan fingerprint density at radius 1 is 1.03 bits per heavy atom. The smallest absolute Gasteiger partial charge is 0.281 e. The van der Waals surface area contributed by atoms with Crippen LogP contribution in [0.4, 0.5) is 5.82 Å². The molecule has 1 amide bonds. The van der Waals surface area contributed by atoms with Gasteiger partial charge in [-0.1, -0.05) is 64.1 Å². The molecule has 9 heteroatoms. The zero-order chi connectivity index (χ0) is 24.2. The van der Waals surface area contributed by atoms with E-state index in [2.05, 4.69) is 9.97 Å². The number of nitrogen functional groups attached to an aromatic ring is 1. The highest BCUT2D eigenvalue weighted by atomic mass is 32.2. The zero-order valence-corrected chi connectivity index (χ0v) is 19.9. The molecule has 174 valence electrons. The van der Waals surface area contributed by atoms with Gasteiger partial charge in [-0.15, -0.1) is 0 Å². The third-order valence-electron chi connectivity index (χ3n) is 4.92. The van der Waals surface area contributed by atoms with E-state index in [0.29, 0.717) is 12.1 Å². The lowest BCUT2D eigenvalue weighted by Crippen LogP contribution is -2.32. The van der Waals surface area contributed by atoms with Crippen LogP contribution in [0, 0.1) is 0 Å². The van der Waals surface area contributed by atoms with Gasteiger partial charge in [-0.2, -0.15) is 8.42 Å². The molecule has 3 aromatic rings. The summed E-state index contributed by atoms with van der Waals surface area (Å²) in [6.07, 6.45) is 0.255. The number of nitrogens with one attached hydrogen (secondary N) is 1. The van der Waals surface area contributed by atoms with Gasteiger partial charge in [0.15, 0.2) is 5.03 Å². The highest BCUT2D eigenvalue weighted by Gasteiger charge is 2.27. The van der Waals surface area contributed by atoms with E-state index in [4.69, 9.17) is 10.5 Å². The molecule has 1 atom stereocenters. The quantitative estimate of drug-likeness (QED) is 0.537. The van der Waals surface area contributed by atoms with Gasteiger partial charge in [0.1, 0.15) is 17.5 Å². The minimum absolute atomic E-state index is 0.00450. The molecule has 0 bridgehead atoms. The van der Waals surface area contributed by atoms with E-state index in [0.717, 1.165) is 5.56 Å². The van der Waals surface area contributed by atoms with Crippen molar-refractivity contribution in [3.8, 4) is 5.88 Å². The number of anilines is 1. The lowest BCUT2D eigenvalue weighted by Gasteiger charge is -2.23. The number of aromatic nitrogens is 2. The number of pyridine rings is 2. The van der Waals surface area contributed by atoms with Crippen molar-refractivity contribution in [2.45, 2.75) is 50.7 Å². The van der Waals surface area contributed by atoms with Gasteiger partial charge in [0.25, 0.3) is 15.9 Å². The second-order valence-corrected chi connectivity index (χ2v) is 10.2. The normalized spacial score (nSPS) is 12.7. The molecular weight excluding hydrogens is 440 g/mol. The molecule has 0 saturated carbocycles. The first kappa shape index (κ1) is 24.2. The van der Waals surface area contributed by atoms with Crippen molar-refractivity contribution in [3.63, 3.8) is 0 Å². The van der Waals surface area contributed by atoms with E-state index < -0.39 is 15.9 Å². The summed E-state index contributed by atoms with van der Waals surface area (Å²) in [4.78, 5) is 21.4. The Kier molecular flexibility index (Phi) is 7.02. The van der Waals surface area contributed by atoms with Gasteiger partial charge in [-0.3, -0.25) is 4.79 Å². The van der Waals surface area contributed by atoms with E-state index in [-0.39, 0.29) is 33.8 Å². The van der Waals surface area contributed by atoms with Gasteiger partial charge in [0.05, 0.1) is 0 Å². The van der Waals surface area contributed by atoms with Crippen LogP contribution in [0.1, 0.15) is 61.8 Å². The Morgan fingerprint density at radius 2 is 1.73 bits per heavy atom. The number of nitrogens with two attached hydrogens (primary N) is 1. The first-order valence-corrected chi connectivity index (χ1v) is 12.0. The molecule has 0 aliphatic heterocycles. The Morgan fingerprint density at radius 3 is 2.33 bits per heavy atom. The molecule has 0 spiro atoms. The van der Waals surface area contributed by atoms with Gasteiger partial charge in [-0.05, 0) is 36.2 Å². The van der Waals surface area contributed by atoms with Gasteiger partial charge >= 0.3 is 0 Å². The van der Waals surface area contributed by atoms with Crippen molar-refractivity contribution in [2.75, 3.05) is 5.73 Å². The third kappa shape index (κ3) is 5.87. The fourth-order valence-electron chi connectivity index (χ4n) is 3.12. The largest absolute Gasteiger partial charge is 0.469 e. The molecule has 8 nitrogen and oxygen atoms in total. The standard InChI is InChI=1S/C24H28N4O4S/c1-5-18(16-10-7-6-8-11-16)32-23-17(14-15-19(26-23)24(2,3)4)22(29)28-33(30,31)21-13-9-12-20(25)27-21/h6-15,18H,5H2,1-4H3,(H2,25,27)(H,28,29). The minimum atomic E-state index is -4.25. The maximum atomic E-state index is 13.0. The molecular formula is C24H28N4O4S. The van der Waals surface area contributed by atoms with Crippen molar-refractivity contribution in [2.24, 2.45) is 0 Å². The maximum Gasteiger partial charge on any atom is 0.281 e. The van der Waals surface area contributed by atoms with E-state index in [1.54, 1.807) is 6.07 Å². The number of benzene rings is 1. The number of rotatable bonds is 7. The molecule has 3 N–H and O–H groups in total. The predicted molar refractivity (Wildman–Crippen MR) is 126 cm³/mol. The third-order valence-corrected chi connectivity index (χ3v) is 6.15. The first-order chi connectivity index (χ1) is 15.5. The summed E-state index contributed by atoms with van der Waals surface area (Å²) in [6, 6.07) is 16.9. The number of nitrogens with zero attached hydrogens (tertiary/aromatic N) is 2. The molecule has 1 unspecified atom stereocenters. The van der Waals surface area contributed by atoms with Crippen molar-refractivity contribution in [1.29, 1.82) is 0 Å². The number of sulfonamides is 1. The molecule has 0 aliphatic carbocycles. The fourth-order valence-corrected chi connectivity index (χ4v) is 4.06. The molecule has 33 heavy (non-hydrogen) atoms. The highest BCUT2D eigenvalue weighted by Crippen LogP contribution is 2.30. The van der Waals surface area contributed by atoms with Gasteiger partial charge in [-0.25, -0.2) is 14.7 Å². The molecule has 2 heterocycles. The summed E-state index contributed by atoms with van der Waals surface area (Å²) in [5.74, 6) is -0.782. The second kappa shape index (κ2) is 9.58. The summed E-state index contributed by atoms with van der Waals surface area (Å²) < 4.78 is 33.6. The Labute approximate surface area is 194 Å². The molecule has 0 fully saturated rings. The van der Waals surface area contributed by atoms with Crippen LogP contribution < -0.4 is 15.2 Å². The molecule has 0 saturated heterocycles. The first-order valence-electron chi connectivity index (χ1n) is 10.5. The lowest BCUT2D eigenvalue weighted by molar-refractivity contribution is 0.0971. The number of carbonyl (C=O) groups is 1. The summed E-state index contributed by atoms with van der Waals surface area (Å²) in [5.41, 5.74) is 6.91. The van der Waals surface area contributed by atoms with Crippen molar-refractivity contribution < 1.29 is 17.9 Å². The average Bonchev–Trinajstić information content (AvgIpc) is 2.77. The molecule has 0 radical (unpaired) electrons. The Bertz CT molecular complexity index is 1240. The van der Waals surface area contributed by atoms with Crippen LogP contribution in [0.5, 0.6) is 5.88 Å². The van der Waals surface area contributed by atoms with Gasteiger partial charge < -0.3 is 10.5 Å². The van der Waals surface area contributed by atoms with E-state index in [9.17, 15) is 13.2 Å². The molecule has 3 rings (SSSR count). The van der Waals surface area contributed by atoms with Crippen molar-refractivity contribution in [3.05, 3.63) is 77.5 Å². The number of amides is 1. The summed E-state index contributed by atoms with van der Waals surface area (Å²) in [5, 5.41) is -0.353. The fraction of sp³-hybridized carbons (Fsp3) is 0.292. The summed E-state index contributed by atoms with van der Waals surface area (Å²) in [6.45, 7) is 7.93. The van der Waals surface area contributed by atoms with Crippen LogP contribution in [0.3, 0.4) is 0 Å². The summed E-state index contributed by atoms with van der Waals surface area (Å²) >= 11 is 0. The number of hydrogen-bond donors (Lipinski definition) is 2. The monoisotopic (exact) mass is 468 g/mol. The van der Waals surface area contributed by atoms with Gasteiger partial charge in [0, 0.05) is 11.1 Å². The Balaban J connectivity index is 1.99. The van der Waals surface area contributed by atoms with Crippen LogP contribution in [0.2, 0.25) is 0 Å². The van der Waals surface area contributed by atoms with Crippen molar-refractivity contribution in [1.82, 2.24) is 14.7 Å². The lowest BCUT2D eigenvalue weighted by atomic mass is 9.91. The average molecular weight is 469 g/mol. The minimum Gasteiger partial charge on any atom is -0.469 e. The van der Waals surface area contributed by atoms with Gasteiger partial charge in [0.2, 0.25) is 5.88 Å². The number of ether oxygens (including phenoxy) is 1. The Hall–Kier alpha value is -3.46. The number of carbonyl (C=O) groups excluding carboxylic acids is 1. The van der Waals surface area contributed by atoms with Crippen LogP contribution in [-0.4, -0.2) is 24.3 Å².